The number of nitrogens with zero attached hydrogens (tertiary/aromatic N) is 1. The number of hydrogen-bond acceptors (Lipinski definition) is 3. The summed E-state index contributed by atoms with van der Waals surface area (Å²) in [5.41, 5.74) is 1.57. The Hall–Kier alpha value is -2.53. The molecule has 0 atom stereocenters. The molecule has 2 aromatic carbocycles. The lowest BCUT2D eigenvalue weighted by molar-refractivity contribution is 0.0603. The fraction of sp³-hybridized carbons (Fsp3) is 0.118. The third-order valence-corrected chi connectivity index (χ3v) is 3.85. The number of esters is 1. The highest BCUT2D eigenvalue weighted by molar-refractivity contribution is 6.37. The molecule has 0 saturated carbocycles. The summed E-state index contributed by atoms with van der Waals surface area (Å²) in [5, 5.41) is 0.938. The van der Waals surface area contributed by atoms with Gasteiger partial charge in [0.15, 0.2) is 0 Å². The third-order valence-electron chi connectivity index (χ3n) is 3.56. The Morgan fingerprint density at radius 2 is 2.00 bits per heavy atom. The standard InChI is InChI=1S/C17H13ClFNO3/c1-22-12-7-10(19)6-11(8-12)20-9-14(18)16-13(17(21)23-2)4-3-5-15(16)20/h3-9H,1-2H3. The summed E-state index contributed by atoms with van der Waals surface area (Å²) in [6, 6.07) is 9.49. The molecule has 0 aliphatic rings. The summed E-state index contributed by atoms with van der Waals surface area (Å²) in [7, 11) is 2.78. The zero-order valence-electron chi connectivity index (χ0n) is 12.5. The van der Waals surface area contributed by atoms with Crippen LogP contribution in [0.2, 0.25) is 5.02 Å². The molecule has 0 aliphatic heterocycles. The Kier molecular flexibility index (Phi) is 3.96. The van der Waals surface area contributed by atoms with Gasteiger partial charge in [0.25, 0.3) is 0 Å². The highest BCUT2D eigenvalue weighted by Gasteiger charge is 2.17. The van der Waals surface area contributed by atoms with E-state index in [1.807, 2.05) is 0 Å². The van der Waals surface area contributed by atoms with Crippen molar-refractivity contribution in [1.29, 1.82) is 0 Å². The monoisotopic (exact) mass is 333 g/mol. The molecule has 0 bridgehead atoms. The zero-order chi connectivity index (χ0) is 16.6. The number of fused-ring (bicyclic) bond motifs is 1. The first-order chi connectivity index (χ1) is 11.0. The van der Waals surface area contributed by atoms with Crippen LogP contribution in [-0.2, 0) is 4.74 Å². The summed E-state index contributed by atoms with van der Waals surface area (Å²) in [5.74, 6) is -0.518. The summed E-state index contributed by atoms with van der Waals surface area (Å²) in [6.45, 7) is 0. The van der Waals surface area contributed by atoms with E-state index in [2.05, 4.69) is 0 Å². The van der Waals surface area contributed by atoms with E-state index >= 15 is 0 Å². The summed E-state index contributed by atoms with van der Waals surface area (Å²) in [6.07, 6.45) is 1.63. The van der Waals surface area contributed by atoms with Gasteiger partial charge in [0.1, 0.15) is 11.6 Å². The van der Waals surface area contributed by atoms with Crippen molar-refractivity contribution in [2.45, 2.75) is 0 Å². The topological polar surface area (TPSA) is 40.5 Å². The minimum absolute atomic E-state index is 0.358. The second-order valence-corrected chi connectivity index (χ2v) is 5.29. The Bertz CT molecular complexity index is 904. The molecular formula is C17H13ClFNO3. The number of carbonyl (C=O) groups is 1. The number of hydrogen-bond donors (Lipinski definition) is 0. The average molecular weight is 334 g/mol. The fourth-order valence-electron chi connectivity index (χ4n) is 2.54. The maximum atomic E-state index is 13.8. The van der Waals surface area contributed by atoms with Gasteiger partial charge in [-0.15, -0.1) is 0 Å². The second kappa shape index (κ2) is 5.93. The SMILES string of the molecule is COC(=O)c1cccc2c1c(Cl)cn2-c1cc(F)cc(OC)c1. The number of methoxy groups -OCH3 is 2. The fourth-order valence-corrected chi connectivity index (χ4v) is 2.83. The molecule has 4 nitrogen and oxygen atoms in total. The quantitative estimate of drug-likeness (QED) is 0.674. The largest absolute Gasteiger partial charge is 0.497 e. The van der Waals surface area contributed by atoms with Crippen molar-refractivity contribution >= 4 is 28.5 Å². The van der Waals surface area contributed by atoms with E-state index in [4.69, 9.17) is 21.1 Å². The summed E-state index contributed by atoms with van der Waals surface area (Å²) >= 11 is 6.29. The number of rotatable bonds is 3. The van der Waals surface area contributed by atoms with Gasteiger partial charge in [0.2, 0.25) is 0 Å². The van der Waals surface area contributed by atoms with Crippen LogP contribution >= 0.6 is 11.6 Å². The van der Waals surface area contributed by atoms with Crippen LogP contribution in [0.3, 0.4) is 0 Å². The van der Waals surface area contributed by atoms with Crippen LogP contribution in [0, 0.1) is 5.82 Å². The first-order valence-corrected chi connectivity index (χ1v) is 7.15. The van der Waals surface area contributed by atoms with Gasteiger partial charge >= 0.3 is 5.97 Å². The van der Waals surface area contributed by atoms with Gasteiger partial charge in [-0.3, -0.25) is 0 Å². The molecule has 0 saturated heterocycles. The maximum absolute atomic E-state index is 13.8. The van der Waals surface area contributed by atoms with Crippen LogP contribution < -0.4 is 4.74 Å². The maximum Gasteiger partial charge on any atom is 0.338 e. The van der Waals surface area contributed by atoms with Crippen molar-refractivity contribution in [2.75, 3.05) is 14.2 Å². The van der Waals surface area contributed by atoms with Crippen LogP contribution in [-0.4, -0.2) is 24.8 Å². The molecular weight excluding hydrogens is 321 g/mol. The highest BCUT2D eigenvalue weighted by Crippen LogP contribution is 2.32. The first kappa shape index (κ1) is 15.4. The molecule has 6 heteroatoms. The Morgan fingerprint density at radius 3 is 2.70 bits per heavy atom. The van der Waals surface area contributed by atoms with Gasteiger partial charge in [-0.1, -0.05) is 17.7 Å². The average Bonchev–Trinajstić information content (AvgIpc) is 2.90. The molecule has 0 unspecified atom stereocenters. The normalized spacial score (nSPS) is 10.8. The Balaban J connectivity index is 2.28. The van der Waals surface area contributed by atoms with E-state index in [-0.39, 0.29) is 0 Å². The lowest BCUT2D eigenvalue weighted by Crippen LogP contribution is -2.02. The molecule has 23 heavy (non-hydrogen) atoms. The second-order valence-electron chi connectivity index (χ2n) is 4.89. The van der Waals surface area contributed by atoms with Crippen LogP contribution in [0.4, 0.5) is 4.39 Å². The van der Waals surface area contributed by atoms with E-state index in [1.165, 1.54) is 26.4 Å². The zero-order valence-corrected chi connectivity index (χ0v) is 13.2. The van der Waals surface area contributed by atoms with Crippen molar-refractivity contribution in [3.63, 3.8) is 0 Å². The Morgan fingerprint density at radius 1 is 1.22 bits per heavy atom. The predicted octanol–water partition coefficient (Wildman–Crippen LogP) is 4.22. The van der Waals surface area contributed by atoms with Crippen molar-refractivity contribution in [3.05, 3.63) is 59.0 Å². The number of carbonyl (C=O) groups excluding carboxylic acids is 1. The highest BCUT2D eigenvalue weighted by atomic mass is 35.5. The molecule has 1 heterocycles. The van der Waals surface area contributed by atoms with Crippen molar-refractivity contribution in [1.82, 2.24) is 4.57 Å². The molecule has 0 fully saturated rings. The van der Waals surface area contributed by atoms with Gasteiger partial charge in [-0.2, -0.15) is 0 Å². The third kappa shape index (κ3) is 2.64. The van der Waals surface area contributed by atoms with Crippen LogP contribution in [0.25, 0.3) is 16.6 Å². The minimum Gasteiger partial charge on any atom is -0.497 e. The number of aromatic nitrogens is 1. The number of benzene rings is 2. The minimum atomic E-state index is -0.480. The van der Waals surface area contributed by atoms with Gasteiger partial charge in [0, 0.05) is 23.7 Å². The van der Waals surface area contributed by atoms with Crippen LogP contribution in [0.5, 0.6) is 5.75 Å². The molecule has 118 valence electrons. The van der Waals surface area contributed by atoms with E-state index in [0.717, 1.165) is 0 Å². The molecule has 0 N–H and O–H groups in total. The van der Waals surface area contributed by atoms with Crippen molar-refractivity contribution in [2.24, 2.45) is 0 Å². The van der Waals surface area contributed by atoms with Gasteiger partial charge in [-0.05, 0) is 18.2 Å². The van der Waals surface area contributed by atoms with Crippen LogP contribution in [0.1, 0.15) is 10.4 Å². The van der Waals surface area contributed by atoms with Crippen molar-refractivity contribution in [3.8, 4) is 11.4 Å². The van der Waals surface area contributed by atoms with Crippen LogP contribution in [0.15, 0.2) is 42.6 Å². The van der Waals surface area contributed by atoms with Gasteiger partial charge in [-0.25, -0.2) is 9.18 Å². The van der Waals surface area contributed by atoms with Gasteiger partial charge < -0.3 is 14.0 Å². The molecule has 0 radical (unpaired) electrons. The molecule has 0 spiro atoms. The molecule has 1 aromatic heterocycles. The number of halogens is 2. The molecule has 3 rings (SSSR count). The van der Waals surface area contributed by atoms with E-state index < -0.39 is 11.8 Å². The van der Waals surface area contributed by atoms with E-state index in [9.17, 15) is 9.18 Å². The van der Waals surface area contributed by atoms with Crippen molar-refractivity contribution < 1.29 is 18.7 Å². The molecule has 0 amide bonds. The van der Waals surface area contributed by atoms with Gasteiger partial charge in [0.05, 0.1) is 36.0 Å². The molecule has 0 aliphatic carbocycles. The Labute approximate surface area is 137 Å². The lowest BCUT2D eigenvalue weighted by atomic mass is 10.1. The lowest BCUT2D eigenvalue weighted by Gasteiger charge is -2.09. The summed E-state index contributed by atoms with van der Waals surface area (Å²) in [4.78, 5) is 11.9. The summed E-state index contributed by atoms with van der Waals surface area (Å²) < 4.78 is 25.4. The smallest absolute Gasteiger partial charge is 0.338 e. The first-order valence-electron chi connectivity index (χ1n) is 6.78. The van der Waals surface area contributed by atoms with E-state index in [0.29, 0.717) is 32.9 Å². The number of ether oxygens (including phenoxy) is 2. The predicted molar refractivity (Wildman–Crippen MR) is 86.1 cm³/mol. The molecule has 3 aromatic rings. The van der Waals surface area contributed by atoms with E-state index in [1.54, 1.807) is 35.0 Å².